The topological polar surface area (TPSA) is 30.7 Å². The predicted molar refractivity (Wildman–Crippen MR) is 89.8 cm³/mol. The highest BCUT2D eigenvalue weighted by atomic mass is 15.3. The molecule has 0 fully saturated rings. The smallest absolute Gasteiger partial charge is 0.0941 e. The Labute approximate surface area is 131 Å². The molecule has 0 spiro atoms. The summed E-state index contributed by atoms with van der Waals surface area (Å²) in [5.74, 6) is 0. The average Bonchev–Trinajstić information content (AvgIpc) is 3.09. The Morgan fingerprint density at radius 3 is 2.95 bits per heavy atom. The normalized spacial score (nSPS) is 20.5. The zero-order valence-electron chi connectivity index (χ0n) is 13.2. The predicted octanol–water partition coefficient (Wildman–Crippen LogP) is 4.56. The monoisotopic (exact) mass is 291 g/mol. The molecule has 1 atom stereocenters. The Bertz CT molecular complexity index is 834. The van der Waals surface area contributed by atoms with Gasteiger partial charge >= 0.3 is 0 Å². The lowest BCUT2D eigenvalue weighted by Crippen LogP contribution is -2.17. The van der Waals surface area contributed by atoms with Crippen molar-refractivity contribution < 1.29 is 0 Å². The maximum absolute atomic E-state index is 4.82. The van der Waals surface area contributed by atoms with E-state index in [0.717, 1.165) is 23.3 Å². The van der Waals surface area contributed by atoms with E-state index in [1.807, 2.05) is 18.3 Å². The van der Waals surface area contributed by atoms with Gasteiger partial charge in [-0.25, -0.2) is 0 Å². The largest absolute Gasteiger partial charge is 0.268 e. The summed E-state index contributed by atoms with van der Waals surface area (Å²) in [6, 6.07) is 12.7. The summed E-state index contributed by atoms with van der Waals surface area (Å²) in [6.45, 7) is 5.67. The molecule has 3 heteroatoms. The van der Waals surface area contributed by atoms with Crippen LogP contribution >= 0.6 is 0 Å². The van der Waals surface area contributed by atoms with E-state index in [1.165, 1.54) is 30.3 Å². The van der Waals surface area contributed by atoms with Crippen LogP contribution in [0.2, 0.25) is 0 Å². The molecule has 3 heterocycles. The van der Waals surface area contributed by atoms with Crippen molar-refractivity contribution in [3.63, 3.8) is 0 Å². The molecule has 0 saturated heterocycles. The molecule has 1 aliphatic rings. The number of pyridine rings is 1. The van der Waals surface area contributed by atoms with E-state index in [4.69, 9.17) is 5.10 Å². The van der Waals surface area contributed by atoms with Crippen molar-refractivity contribution in [3.05, 3.63) is 48.3 Å². The van der Waals surface area contributed by atoms with Crippen LogP contribution in [0, 0.1) is 0 Å². The summed E-state index contributed by atoms with van der Waals surface area (Å²) in [7, 11) is 0. The van der Waals surface area contributed by atoms with Crippen molar-refractivity contribution in [2.75, 3.05) is 0 Å². The number of rotatable bonds is 3. The fraction of sp³-hybridized carbons (Fsp3) is 0.368. The quantitative estimate of drug-likeness (QED) is 0.708. The molecule has 0 aliphatic carbocycles. The summed E-state index contributed by atoms with van der Waals surface area (Å²) in [6.07, 6.45) is 5.60. The van der Waals surface area contributed by atoms with Crippen molar-refractivity contribution in [2.24, 2.45) is 0 Å². The van der Waals surface area contributed by atoms with Gasteiger partial charge in [-0.3, -0.25) is 9.67 Å². The molecule has 0 amide bonds. The number of para-hydroxylation sites is 1. The van der Waals surface area contributed by atoms with Gasteiger partial charge in [0, 0.05) is 34.8 Å². The maximum atomic E-state index is 4.82. The summed E-state index contributed by atoms with van der Waals surface area (Å²) in [4.78, 5) is 4.56. The van der Waals surface area contributed by atoms with Gasteiger partial charge < -0.3 is 0 Å². The molecule has 112 valence electrons. The highest BCUT2D eigenvalue weighted by molar-refractivity contribution is 5.82. The Balaban J connectivity index is 1.77. The first kappa shape index (κ1) is 13.5. The highest BCUT2D eigenvalue weighted by Crippen LogP contribution is 2.40. The summed E-state index contributed by atoms with van der Waals surface area (Å²) >= 11 is 0. The second-order valence-electron chi connectivity index (χ2n) is 6.62. The van der Waals surface area contributed by atoms with Gasteiger partial charge in [0.2, 0.25) is 0 Å². The van der Waals surface area contributed by atoms with Gasteiger partial charge in [-0.05, 0) is 31.0 Å². The van der Waals surface area contributed by atoms with E-state index < -0.39 is 0 Å². The van der Waals surface area contributed by atoms with Crippen molar-refractivity contribution in [3.8, 4) is 11.3 Å². The lowest BCUT2D eigenvalue weighted by molar-refractivity contribution is 0.426. The van der Waals surface area contributed by atoms with Crippen molar-refractivity contribution in [1.82, 2.24) is 14.8 Å². The van der Waals surface area contributed by atoms with Crippen molar-refractivity contribution in [2.45, 2.75) is 45.1 Å². The first-order valence-corrected chi connectivity index (χ1v) is 8.13. The third kappa shape index (κ3) is 2.04. The first-order chi connectivity index (χ1) is 10.7. The minimum Gasteiger partial charge on any atom is -0.268 e. The van der Waals surface area contributed by atoms with Crippen LogP contribution < -0.4 is 0 Å². The van der Waals surface area contributed by atoms with Crippen LogP contribution in [-0.4, -0.2) is 14.8 Å². The van der Waals surface area contributed by atoms with E-state index in [2.05, 4.69) is 47.8 Å². The molecule has 1 aromatic carbocycles. The Hall–Kier alpha value is -2.16. The van der Waals surface area contributed by atoms with E-state index in [0.29, 0.717) is 0 Å². The number of hydrogen-bond acceptors (Lipinski definition) is 2. The first-order valence-electron chi connectivity index (χ1n) is 8.13. The molecule has 4 rings (SSSR count). The maximum Gasteiger partial charge on any atom is 0.0941 e. The number of hydrogen-bond donors (Lipinski definition) is 0. The fourth-order valence-electron chi connectivity index (χ4n) is 3.71. The SMILES string of the molecule is CCCC1(C)CCn2nc(-c3cnc4ccccc4c3)cc21. The van der Waals surface area contributed by atoms with Gasteiger partial charge in [-0.1, -0.05) is 38.5 Å². The van der Waals surface area contributed by atoms with E-state index in [9.17, 15) is 0 Å². The molecule has 3 aromatic rings. The van der Waals surface area contributed by atoms with Gasteiger partial charge in [0.25, 0.3) is 0 Å². The summed E-state index contributed by atoms with van der Waals surface area (Å²) in [5.41, 5.74) is 4.87. The molecule has 22 heavy (non-hydrogen) atoms. The molecule has 1 aliphatic heterocycles. The summed E-state index contributed by atoms with van der Waals surface area (Å²) in [5, 5.41) is 5.99. The van der Waals surface area contributed by atoms with Crippen LogP contribution in [0.4, 0.5) is 0 Å². The molecule has 0 radical (unpaired) electrons. The van der Waals surface area contributed by atoms with Crippen molar-refractivity contribution >= 4 is 10.9 Å². The van der Waals surface area contributed by atoms with Crippen molar-refractivity contribution in [1.29, 1.82) is 0 Å². The minimum absolute atomic E-state index is 0.282. The van der Waals surface area contributed by atoms with Crippen LogP contribution in [0.15, 0.2) is 42.6 Å². The van der Waals surface area contributed by atoms with E-state index in [1.54, 1.807) is 0 Å². The van der Waals surface area contributed by atoms with Gasteiger partial charge in [0.1, 0.15) is 0 Å². The standard InChI is InChI=1S/C19H21N3/c1-3-8-19(2)9-10-22-18(19)12-17(21-22)15-11-14-6-4-5-7-16(14)20-13-15/h4-7,11-13H,3,8-10H2,1-2H3. The Kier molecular flexibility index (Phi) is 3.03. The van der Waals surface area contributed by atoms with Crippen LogP contribution in [0.25, 0.3) is 22.2 Å². The minimum atomic E-state index is 0.282. The average molecular weight is 291 g/mol. The second-order valence-corrected chi connectivity index (χ2v) is 6.62. The fourth-order valence-corrected chi connectivity index (χ4v) is 3.71. The molecule has 0 saturated carbocycles. The lowest BCUT2D eigenvalue weighted by atomic mass is 9.81. The third-order valence-corrected chi connectivity index (χ3v) is 4.96. The van der Waals surface area contributed by atoms with E-state index in [-0.39, 0.29) is 5.41 Å². The van der Waals surface area contributed by atoms with E-state index >= 15 is 0 Å². The lowest BCUT2D eigenvalue weighted by Gasteiger charge is -2.21. The molecule has 3 nitrogen and oxygen atoms in total. The zero-order valence-corrected chi connectivity index (χ0v) is 13.2. The summed E-state index contributed by atoms with van der Waals surface area (Å²) < 4.78 is 2.19. The van der Waals surface area contributed by atoms with Crippen LogP contribution in [-0.2, 0) is 12.0 Å². The molecule has 0 N–H and O–H groups in total. The zero-order chi connectivity index (χ0) is 15.2. The third-order valence-electron chi connectivity index (χ3n) is 4.96. The molecule has 0 bridgehead atoms. The van der Waals surface area contributed by atoms with Gasteiger partial charge in [0.15, 0.2) is 0 Å². The highest BCUT2D eigenvalue weighted by Gasteiger charge is 2.35. The second kappa shape index (κ2) is 4.94. The Morgan fingerprint density at radius 1 is 1.23 bits per heavy atom. The number of aryl methyl sites for hydroxylation is 1. The molecular weight excluding hydrogens is 270 g/mol. The van der Waals surface area contributed by atoms with Gasteiger partial charge in [0.05, 0.1) is 11.2 Å². The van der Waals surface area contributed by atoms with Crippen LogP contribution in [0.1, 0.15) is 38.8 Å². The molecular formula is C19H21N3. The van der Waals surface area contributed by atoms with Crippen LogP contribution in [0.5, 0.6) is 0 Å². The van der Waals surface area contributed by atoms with Gasteiger partial charge in [-0.2, -0.15) is 5.10 Å². The number of benzene rings is 1. The van der Waals surface area contributed by atoms with Gasteiger partial charge in [-0.15, -0.1) is 0 Å². The van der Waals surface area contributed by atoms with Crippen LogP contribution in [0.3, 0.4) is 0 Å². The Morgan fingerprint density at radius 2 is 2.09 bits per heavy atom. The number of aromatic nitrogens is 3. The number of fused-ring (bicyclic) bond motifs is 2. The molecule has 1 unspecified atom stereocenters. The number of nitrogens with zero attached hydrogens (tertiary/aromatic N) is 3. The molecule has 2 aromatic heterocycles.